The van der Waals surface area contributed by atoms with Gasteiger partial charge in [-0.2, -0.15) is 11.3 Å². The first-order valence-corrected chi connectivity index (χ1v) is 9.10. The molecule has 1 aliphatic rings. The molecule has 0 saturated carbocycles. The van der Waals surface area contributed by atoms with E-state index in [-0.39, 0.29) is 0 Å². The molecule has 0 aliphatic carbocycles. The number of nitrogens with zero attached hydrogens (tertiary/aromatic N) is 3. The van der Waals surface area contributed by atoms with E-state index in [1.54, 1.807) is 18.4 Å². The summed E-state index contributed by atoms with van der Waals surface area (Å²) in [5.74, 6) is 1.91. The van der Waals surface area contributed by atoms with Crippen molar-refractivity contribution in [3.05, 3.63) is 46.7 Å². The van der Waals surface area contributed by atoms with Gasteiger partial charge in [0.15, 0.2) is 5.96 Å². The van der Waals surface area contributed by atoms with E-state index in [0.717, 1.165) is 44.4 Å². The number of anilines is 1. The molecular weight excluding hydrogens is 320 g/mol. The highest BCUT2D eigenvalue weighted by atomic mass is 32.1. The van der Waals surface area contributed by atoms with Crippen molar-refractivity contribution in [1.82, 2.24) is 10.2 Å². The number of benzene rings is 1. The number of rotatable bonds is 4. The van der Waals surface area contributed by atoms with Crippen LogP contribution in [0.5, 0.6) is 5.75 Å². The van der Waals surface area contributed by atoms with Crippen molar-refractivity contribution in [3.8, 4) is 5.75 Å². The van der Waals surface area contributed by atoms with Gasteiger partial charge in [-0.3, -0.25) is 4.99 Å². The number of hydrogen-bond donors (Lipinski definition) is 1. The van der Waals surface area contributed by atoms with Gasteiger partial charge in [0.1, 0.15) is 5.75 Å². The molecular formula is C18H24N4OS. The summed E-state index contributed by atoms with van der Waals surface area (Å²) in [5.41, 5.74) is 2.47. The van der Waals surface area contributed by atoms with E-state index in [4.69, 9.17) is 4.74 Å². The fourth-order valence-corrected chi connectivity index (χ4v) is 3.63. The van der Waals surface area contributed by atoms with Crippen LogP contribution in [0.25, 0.3) is 0 Å². The minimum atomic E-state index is 0.822. The zero-order chi connectivity index (χ0) is 16.8. The smallest absolute Gasteiger partial charge is 0.194 e. The molecule has 1 aromatic carbocycles. The molecule has 0 bridgehead atoms. The largest absolute Gasteiger partial charge is 0.495 e. The van der Waals surface area contributed by atoms with E-state index in [9.17, 15) is 0 Å². The molecule has 6 heteroatoms. The van der Waals surface area contributed by atoms with E-state index >= 15 is 0 Å². The van der Waals surface area contributed by atoms with Crippen LogP contribution < -0.4 is 15.0 Å². The third-order valence-corrected chi connectivity index (χ3v) is 4.98. The highest BCUT2D eigenvalue weighted by molar-refractivity contribution is 7.07. The van der Waals surface area contributed by atoms with Crippen molar-refractivity contribution in [2.24, 2.45) is 4.99 Å². The van der Waals surface area contributed by atoms with Gasteiger partial charge in [0.2, 0.25) is 0 Å². The van der Waals surface area contributed by atoms with Gasteiger partial charge in [0, 0.05) is 39.8 Å². The van der Waals surface area contributed by atoms with Crippen LogP contribution >= 0.6 is 11.3 Å². The normalized spacial score (nSPS) is 15.5. The van der Waals surface area contributed by atoms with Crippen molar-refractivity contribution in [1.29, 1.82) is 0 Å². The molecule has 5 nitrogen and oxygen atoms in total. The van der Waals surface area contributed by atoms with Crippen LogP contribution in [0.1, 0.15) is 5.56 Å². The lowest BCUT2D eigenvalue weighted by atomic mass is 10.2. The van der Waals surface area contributed by atoms with Gasteiger partial charge in [0.05, 0.1) is 12.8 Å². The number of para-hydroxylation sites is 2. The van der Waals surface area contributed by atoms with Crippen molar-refractivity contribution in [2.75, 3.05) is 45.2 Å². The number of guanidine groups is 1. The first kappa shape index (κ1) is 16.6. The monoisotopic (exact) mass is 344 g/mol. The van der Waals surface area contributed by atoms with Crippen molar-refractivity contribution in [2.45, 2.75) is 6.54 Å². The van der Waals surface area contributed by atoms with Crippen LogP contribution in [0.15, 0.2) is 46.1 Å². The zero-order valence-electron chi connectivity index (χ0n) is 14.2. The van der Waals surface area contributed by atoms with Gasteiger partial charge >= 0.3 is 0 Å². The van der Waals surface area contributed by atoms with Gasteiger partial charge < -0.3 is 19.9 Å². The SMILES string of the molecule is CN=C(NCc1ccsc1)N1CCN(c2ccccc2OC)CC1. The molecule has 0 unspecified atom stereocenters. The maximum Gasteiger partial charge on any atom is 0.194 e. The molecule has 1 aliphatic heterocycles. The van der Waals surface area contributed by atoms with E-state index in [0.29, 0.717) is 0 Å². The molecule has 1 N–H and O–H groups in total. The quantitative estimate of drug-likeness (QED) is 0.684. The molecule has 1 aromatic heterocycles. The molecule has 3 rings (SSSR count). The summed E-state index contributed by atoms with van der Waals surface area (Å²) in [6, 6.07) is 10.4. The average molecular weight is 344 g/mol. The average Bonchev–Trinajstić information content (AvgIpc) is 3.16. The molecule has 2 aromatic rings. The molecule has 0 radical (unpaired) electrons. The number of methoxy groups -OCH3 is 1. The summed E-state index contributed by atoms with van der Waals surface area (Å²) in [6.45, 7) is 4.63. The minimum Gasteiger partial charge on any atom is -0.495 e. The van der Waals surface area contributed by atoms with Crippen LogP contribution in [0.4, 0.5) is 5.69 Å². The lowest BCUT2D eigenvalue weighted by Gasteiger charge is -2.38. The summed E-state index contributed by atoms with van der Waals surface area (Å²) in [5, 5.41) is 7.73. The zero-order valence-corrected chi connectivity index (χ0v) is 15.1. The topological polar surface area (TPSA) is 40.1 Å². The molecule has 0 amide bonds. The third kappa shape index (κ3) is 3.82. The highest BCUT2D eigenvalue weighted by Gasteiger charge is 2.21. The Morgan fingerprint density at radius 3 is 2.67 bits per heavy atom. The number of hydrogen-bond acceptors (Lipinski definition) is 4. The molecule has 0 atom stereocenters. The summed E-state index contributed by atoms with van der Waals surface area (Å²) in [7, 11) is 3.58. The Hall–Kier alpha value is -2.21. The highest BCUT2D eigenvalue weighted by Crippen LogP contribution is 2.28. The number of aliphatic imine (C=N–C) groups is 1. The summed E-state index contributed by atoms with van der Waals surface area (Å²) >= 11 is 1.72. The van der Waals surface area contributed by atoms with Crippen molar-refractivity contribution < 1.29 is 4.74 Å². The van der Waals surface area contributed by atoms with Gasteiger partial charge in [0.25, 0.3) is 0 Å². The number of ether oxygens (including phenoxy) is 1. The van der Waals surface area contributed by atoms with Crippen LogP contribution in [-0.2, 0) is 6.54 Å². The van der Waals surface area contributed by atoms with E-state index in [1.165, 1.54) is 11.3 Å². The first-order chi connectivity index (χ1) is 11.8. The first-order valence-electron chi connectivity index (χ1n) is 8.16. The van der Waals surface area contributed by atoms with Crippen LogP contribution in [0.3, 0.4) is 0 Å². The Kier molecular flexibility index (Phi) is 5.59. The Balaban J connectivity index is 1.57. The second-order valence-corrected chi connectivity index (χ2v) is 6.46. The van der Waals surface area contributed by atoms with Gasteiger partial charge in [-0.25, -0.2) is 0 Å². The molecule has 24 heavy (non-hydrogen) atoms. The molecule has 0 spiro atoms. The predicted octanol–water partition coefficient (Wildman–Crippen LogP) is 2.65. The molecule has 1 fully saturated rings. The number of thiophene rings is 1. The van der Waals surface area contributed by atoms with Crippen LogP contribution in [-0.4, -0.2) is 51.2 Å². The Labute approximate surface area is 147 Å². The fourth-order valence-electron chi connectivity index (χ4n) is 2.96. The van der Waals surface area contributed by atoms with Gasteiger partial charge in [-0.05, 0) is 34.5 Å². The number of piperazine rings is 1. The van der Waals surface area contributed by atoms with E-state index < -0.39 is 0 Å². The Morgan fingerprint density at radius 1 is 1.21 bits per heavy atom. The van der Waals surface area contributed by atoms with Crippen LogP contribution in [0.2, 0.25) is 0 Å². The van der Waals surface area contributed by atoms with Gasteiger partial charge in [-0.15, -0.1) is 0 Å². The van der Waals surface area contributed by atoms with E-state index in [2.05, 4.69) is 49.1 Å². The van der Waals surface area contributed by atoms with E-state index in [1.807, 2.05) is 19.2 Å². The Bertz CT molecular complexity index is 663. The maximum atomic E-state index is 5.48. The molecule has 128 valence electrons. The number of nitrogens with one attached hydrogen (secondary N) is 1. The van der Waals surface area contributed by atoms with Crippen LogP contribution in [0, 0.1) is 0 Å². The molecule has 1 saturated heterocycles. The van der Waals surface area contributed by atoms with Crippen molar-refractivity contribution >= 4 is 23.0 Å². The summed E-state index contributed by atoms with van der Waals surface area (Å²) in [6.07, 6.45) is 0. The third-order valence-electron chi connectivity index (χ3n) is 4.25. The second-order valence-electron chi connectivity index (χ2n) is 5.68. The standard InChI is InChI=1S/C18H24N4OS/c1-19-18(20-13-15-7-12-24-14-15)22-10-8-21(9-11-22)16-5-3-4-6-17(16)23-2/h3-7,12,14H,8-11,13H2,1-2H3,(H,19,20). The summed E-state index contributed by atoms with van der Waals surface area (Å²) in [4.78, 5) is 9.13. The van der Waals surface area contributed by atoms with Crippen molar-refractivity contribution in [3.63, 3.8) is 0 Å². The summed E-state index contributed by atoms with van der Waals surface area (Å²) < 4.78 is 5.48. The minimum absolute atomic E-state index is 0.822. The lowest BCUT2D eigenvalue weighted by molar-refractivity contribution is 0.367. The Morgan fingerprint density at radius 2 is 2.00 bits per heavy atom. The molecule has 2 heterocycles. The fraction of sp³-hybridized carbons (Fsp3) is 0.389. The van der Waals surface area contributed by atoms with Gasteiger partial charge in [-0.1, -0.05) is 12.1 Å². The second kappa shape index (κ2) is 8.06. The lowest BCUT2D eigenvalue weighted by Crippen LogP contribution is -2.52. The maximum absolute atomic E-state index is 5.48. The predicted molar refractivity (Wildman–Crippen MR) is 101 cm³/mol.